The lowest BCUT2D eigenvalue weighted by molar-refractivity contribution is -0.159. The Labute approximate surface area is 193 Å². The summed E-state index contributed by atoms with van der Waals surface area (Å²) >= 11 is 0. The standard InChI is InChI=1S/C21H27F5N4O4/c1-20(2,3)10-29(11-21(24,25)26)16(18(27)32)19(33)28-14-5-4-12(8-13(14)17(22)23)30-6-7-34-9-15(30)31/h4-5,8,16-17H,6-7,9-11H2,1-3H3,(H2,27,32)(H,28,33)/t16-/m1/s1. The quantitative estimate of drug-likeness (QED) is 0.427. The van der Waals surface area contributed by atoms with E-state index in [0.29, 0.717) is 4.90 Å². The maximum atomic E-state index is 13.8. The Morgan fingerprint density at radius 1 is 1.21 bits per heavy atom. The Morgan fingerprint density at radius 3 is 2.35 bits per heavy atom. The van der Waals surface area contributed by atoms with Gasteiger partial charge in [0.2, 0.25) is 5.91 Å². The van der Waals surface area contributed by atoms with Gasteiger partial charge in [0.1, 0.15) is 6.61 Å². The highest BCUT2D eigenvalue weighted by molar-refractivity contribution is 6.10. The van der Waals surface area contributed by atoms with E-state index in [-0.39, 0.29) is 32.0 Å². The Bertz CT molecular complexity index is 901. The molecule has 1 fully saturated rings. The second-order valence-electron chi connectivity index (χ2n) is 9.05. The van der Waals surface area contributed by atoms with Gasteiger partial charge in [0.05, 0.1) is 13.2 Å². The number of rotatable bonds is 8. The molecule has 0 aromatic heterocycles. The number of nitrogens with zero attached hydrogens (tertiary/aromatic N) is 2. The van der Waals surface area contributed by atoms with Crippen LogP contribution < -0.4 is 16.0 Å². The van der Waals surface area contributed by atoms with E-state index in [2.05, 4.69) is 5.32 Å². The molecule has 1 atom stereocenters. The van der Waals surface area contributed by atoms with Crippen molar-refractivity contribution in [3.05, 3.63) is 23.8 Å². The van der Waals surface area contributed by atoms with Gasteiger partial charge in [-0.3, -0.25) is 19.3 Å². The van der Waals surface area contributed by atoms with Crippen LogP contribution in [0.3, 0.4) is 0 Å². The molecular weight excluding hydrogens is 467 g/mol. The first kappa shape index (κ1) is 27.4. The molecule has 2 rings (SSSR count). The molecule has 1 aliphatic rings. The van der Waals surface area contributed by atoms with Crippen LogP contribution in [-0.2, 0) is 19.1 Å². The molecule has 0 unspecified atom stereocenters. The number of nitrogens with two attached hydrogens (primary N) is 1. The molecule has 1 aromatic rings. The fraction of sp³-hybridized carbons (Fsp3) is 0.571. The highest BCUT2D eigenvalue weighted by Crippen LogP contribution is 2.32. The Morgan fingerprint density at radius 2 is 1.85 bits per heavy atom. The second-order valence-corrected chi connectivity index (χ2v) is 9.05. The third-order valence-electron chi connectivity index (χ3n) is 4.77. The maximum Gasteiger partial charge on any atom is 0.401 e. The van der Waals surface area contributed by atoms with Gasteiger partial charge in [-0.2, -0.15) is 13.2 Å². The van der Waals surface area contributed by atoms with Gasteiger partial charge in [0.25, 0.3) is 18.2 Å². The first-order valence-electron chi connectivity index (χ1n) is 10.3. The molecule has 1 heterocycles. The summed E-state index contributed by atoms with van der Waals surface area (Å²) in [5.74, 6) is -3.08. The number of alkyl halides is 5. The van der Waals surface area contributed by atoms with Gasteiger partial charge < -0.3 is 20.7 Å². The van der Waals surface area contributed by atoms with Gasteiger partial charge in [-0.15, -0.1) is 0 Å². The van der Waals surface area contributed by atoms with Crippen molar-refractivity contribution in [2.45, 2.75) is 39.4 Å². The molecule has 0 aliphatic carbocycles. The summed E-state index contributed by atoms with van der Waals surface area (Å²) in [5, 5.41) is 2.11. The third-order valence-corrected chi connectivity index (χ3v) is 4.77. The number of carbonyl (C=O) groups excluding carboxylic acids is 3. The molecule has 3 amide bonds. The predicted octanol–water partition coefficient (Wildman–Crippen LogP) is 2.69. The molecule has 1 aliphatic heterocycles. The number of ether oxygens (including phenoxy) is 1. The minimum atomic E-state index is -4.75. The molecule has 0 radical (unpaired) electrons. The summed E-state index contributed by atoms with van der Waals surface area (Å²) in [6.45, 7) is 3.00. The monoisotopic (exact) mass is 494 g/mol. The minimum absolute atomic E-state index is 0.135. The van der Waals surface area contributed by atoms with E-state index in [4.69, 9.17) is 10.5 Å². The van der Waals surface area contributed by atoms with Gasteiger partial charge in [0.15, 0.2) is 6.04 Å². The van der Waals surface area contributed by atoms with Crippen molar-refractivity contribution in [1.82, 2.24) is 4.90 Å². The molecule has 0 bridgehead atoms. The number of halogens is 5. The molecule has 190 valence electrons. The van der Waals surface area contributed by atoms with Crippen LogP contribution >= 0.6 is 0 Å². The van der Waals surface area contributed by atoms with E-state index >= 15 is 0 Å². The number of morpholine rings is 1. The number of benzene rings is 1. The van der Waals surface area contributed by atoms with Gasteiger partial charge in [-0.05, 0) is 23.6 Å². The second kappa shape index (κ2) is 10.6. The summed E-state index contributed by atoms with van der Waals surface area (Å²) < 4.78 is 72.0. The Kier molecular flexibility index (Phi) is 8.59. The first-order valence-corrected chi connectivity index (χ1v) is 10.3. The first-order chi connectivity index (χ1) is 15.6. The van der Waals surface area contributed by atoms with Crippen molar-refractivity contribution in [3.8, 4) is 0 Å². The highest BCUT2D eigenvalue weighted by atomic mass is 19.4. The predicted molar refractivity (Wildman–Crippen MR) is 113 cm³/mol. The lowest BCUT2D eigenvalue weighted by atomic mass is 9.95. The zero-order valence-corrected chi connectivity index (χ0v) is 18.9. The Balaban J connectivity index is 2.37. The van der Waals surface area contributed by atoms with Crippen molar-refractivity contribution in [2.24, 2.45) is 11.1 Å². The summed E-state index contributed by atoms with van der Waals surface area (Å²) in [7, 11) is 0. The van der Waals surface area contributed by atoms with Crippen LogP contribution in [0.1, 0.15) is 32.8 Å². The molecule has 3 N–H and O–H groups in total. The average Bonchev–Trinajstić information content (AvgIpc) is 2.65. The Hall–Kier alpha value is -2.80. The van der Waals surface area contributed by atoms with Crippen molar-refractivity contribution in [1.29, 1.82) is 0 Å². The number of nitrogens with one attached hydrogen (secondary N) is 1. The van der Waals surface area contributed by atoms with E-state index in [0.717, 1.165) is 12.1 Å². The fourth-order valence-electron chi connectivity index (χ4n) is 3.56. The SMILES string of the molecule is CC(C)(C)CN(CC(F)(F)F)[C@H](C(N)=O)C(=O)Nc1ccc(N2CCOCC2=O)cc1C(F)F. The average molecular weight is 494 g/mol. The zero-order chi connectivity index (χ0) is 25.8. The summed E-state index contributed by atoms with van der Waals surface area (Å²) in [5.41, 5.74) is 3.55. The number of primary amides is 1. The topological polar surface area (TPSA) is 105 Å². The summed E-state index contributed by atoms with van der Waals surface area (Å²) in [4.78, 5) is 38.7. The minimum Gasteiger partial charge on any atom is -0.370 e. The van der Waals surface area contributed by atoms with Crippen LogP contribution in [0.4, 0.5) is 33.3 Å². The van der Waals surface area contributed by atoms with E-state index in [1.54, 1.807) is 20.8 Å². The van der Waals surface area contributed by atoms with Gasteiger partial charge in [-0.1, -0.05) is 20.8 Å². The number of amides is 3. The largest absolute Gasteiger partial charge is 0.401 e. The van der Waals surface area contributed by atoms with E-state index in [9.17, 15) is 36.3 Å². The molecule has 1 aromatic carbocycles. The number of hydrogen-bond acceptors (Lipinski definition) is 5. The molecule has 0 spiro atoms. The third kappa shape index (κ3) is 7.62. The molecule has 1 saturated heterocycles. The van der Waals surface area contributed by atoms with Crippen LogP contribution in [0.25, 0.3) is 0 Å². The normalized spacial score (nSPS) is 16.2. The van der Waals surface area contributed by atoms with Crippen molar-refractivity contribution >= 4 is 29.1 Å². The molecule has 13 heteroatoms. The van der Waals surface area contributed by atoms with E-state index in [1.165, 1.54) is 11.0 Å². The number of anilines is 2. The van der Waals surface area contributed by atoms with E-state index < -0.39 is 59.6 Å². The van der Waals surface area contributed by atoms with Gasteiger partial charge in [-0.25, -0.2) is 8.78 Å². The van der Waals surface area contributed by atoms with E-state index in [1.807, 2.05) is 0 Å². The van der Waals surface area contributed by atoms with Crippen molar-refractivity contribution < 1.29 is 41.1 Å². The summed E-state index contributed by atoms with van der Waals surface area (Å²) in [6.07, 6.45) is -7.85. The molecular formula is C21H27F5N4O4. The van der Waals surface area contributed by atoms with Crippen LogP contribution in [0, 0.1) is 5.41 Å². The summed E-state index contributed by atoms with van der Waals surface area (Å²) in [6, 6.07) is 1.32. The molecule has 8 nitrogen and oxygen atoms in total. The van der Waals surface area contributed by atoms with Crippen molar-refractivity contribution in [2.75, 3.05) is 43.1 Å². The smallest absolute Gasteiger partial charge is 0.370 e. The van der Waals surface area contributed by atoms with Crippen LogP contribution in [0.15, 0.2) is 18.2 Å². The van der Waals surface area contributed by atoms with Crippen molar-refractivity contribution in [3.63, 3.8) is 0 Å². The molecule has 0 saturated carbocycles. The zero-order valence-electron chi connectivity index (χ0n) is 18.9. The van der Waals surface area contributed by atoms with Gasteiger partial charge >= 0.3 is 6.18 Å². The lowest BCUT2D eigenvalue weighted by Gasteiger charge is -2.34. The number of hydrogen-bond donors (Lipinski definition) is 2. The highest BCUT2D eigenvalue weighted by Gasteiger charge is 2.41. The lowest BCUT2D eigenvalue weighted by Crippen LogP contribution is -2.56. The van der Waals surface area contributed by atoms with Crippen LogP contribution in [-0.4, -0.2) is 67.7 Å². The van der Waals surface area contributed by atoms with Gasteiger partial charge in [0, 0.05) is 30.0 Å². The van der Waals surface area contributed by atoms with Crippen LogP contribution in [0.2, 0.25) is 0 Å². The number of carbonyl (C=O) groups is 3. The fourth-order valence-corrected chi connectivity index (χ4v) is 3.56. The molecule has 34 heavy (non-hydrogen) atoms. The van der Waals surface area contributed by atoms with Crippen LogP contribution in [0.5, 0.6) is 0 Å². The maximum absolute atomic E-state index is 13.8.